The highest BCUT2D eigenvalue weighted by Crippen LogP contribution is 2.32. The van der Waals surface area contributed by atoms with E-state index in [9.17, 15) is 14.9 Å². The van der Waals surface area contributed by atoms with Crippen LogP contribution in [-0.2, 0) is 11.2 Å². The Hall–Kier alpha value is -2.77. The third-order valence-corrected chi connectivity index (χ3v) is 4.70. The Kier molecular flexibility index (Phi) is 5.29. The smallest absolute Gasteiger partial charge is 0.269 e. The minimum Gasteiger partial charge on any atom is -0.339 e. The molecule has 1 amide bonds. The van der Waals surface area contributed by atoms with Crippen molar-refractivity contribution in [2.75, 3.05) is 6.54 Å². The highest BCUT2D eigenvalue weighted by molar-refractivity contribution is 5.81. The monoisotopic (exact) mass is 358 g/mol. The fourth-order valence-corrected chi connectivity index (χ4v) is 2.75. The van der Waals surface area contributed by atoms with Crippen molar-refractivity contribution in [2.45, 2.75) is 45.6 Å². The Bertz CT molecular complexity index is 783. The molecule has 1 aromatic heterocycles. The van der Waals surface area contributed by atoms with Crippen molar-refractivity contribution in [2.24, 2.45) is 5.92 Å². The van der Waals surface area contributed by atoms with Gasteiger partial charge in [-0.05, 0) is 38.3 Å². The summed E-state index contributed by atoms with van der Waals surface area (Å²) in [5, 5.41) is 14.6. The molecule has 1 fully saturated rings. The van der Waals surface area contributed by atoms with Crippen molar-refractivity contribution in [3.63, 3.8) is 0 Å². The number of nitro groups is 1. The Morgan fingerprint density at radius 2 is 2.08 bits per heavy atom. The second-order valence-corrected chi connectivity index (χ2v) is 6.63. The van der Waals surface area contributed by atoms with Crippen LogP contribution in [0, 0.1) is 16.0 Å². The first kappa shape index (κ1) is 18.0. The standard InChI is InChI=1S/C18H22N4O4/c1-3-12(2)21(18(23)14-4-5-14)11-10-16-19-17(20-26-16)13-6-8-15(9-7-13)22(24)25/h6-9,12,14H,3-5,10-11H2,1-2H3. The second kappa shape index (κ2) is 7.63. The van der Waals surface area contributed by atoms with Crippen molar-refractivity contribution in [3.8, 4) is 11.4 Å². The molecule has 0 aliphatic heterocycles. The third-order valence-electron chi connectivity index (χ3n) is 4.70. The Labute approximate surface area is 151 Å². The van der Waals surface area contributed by atoms with Crippen LogP contribution < -0.4 is 0 Å². The van der Waals surface area contributed by atoms with Crippen LogP contribution in [0.5, 0.6) is 0 Å². The number of benzene rings is 1. The van der Waals surface area contributed by atoms with Gasteiger partial charge in [0.25, 0.3) is 5.69 Å². The molecule has 1 aliphatic carbocycles. The van der Waals surface area contributed by atoms with E-state index >= 15 is 0 Å². The zero-order chi connectivity index (χ0) is 18.7. The Morgan fingerprint density at radius 1 is 1.38 bits per heavy atom. The minimum absolute atomic E-state index is 0.0141. The van der Waals surface area contributed by atoms with Crippen LogP contribution in [0.3, 0.4) is 0 Å². The van der Waals surface area contributed by atoms with Gasteiger partial charge >= 0.3 is 0 Å². The largest absolute Gasteiger partial charge is 0.339 e. The first-order valence-corrected chi connectivity index (χ1v) is 8.87. The van der Waals surface area contributed by atoms with E-state index in [1.807, 2.05) is 4.90 Å². The molecule has 1 aliphatic rings. The molecule has 8 heteroatoms. The molecule has 0 spiro atoms. The molecule has 1 aromatic carbocycles. The van der Waals surface area contributed by atoms with E-state index in [2.05, 4.69) is 24.0 Å². The summed E-state index contributed by atoms with van der Waals surface area (Å²) in [5.74, 6) is 1.24. The molecule has 138 valence electrons. The molecule has 3 rings (SSSR count). The third kappa shape index (κ3) is 4.07. The van der Waals surface area contributed by atoms with Crippen LogP contribution in [-0.4, -0.2) is 38.5 Å². The van der Waals surface area contributed by atoms with Gasteiger partial charge in [0.15, 0.2) is 0 Å². The van der Waals surface area contributed by atoms with E-state index in [0.29, 0.717) is 30.2 Å². The molecule has 0 saturated heterocycles. The van der Waals surface area contributed by atoms with E-state index in [0.717, 1.165) is 19.3 Å². The van der Waals surface area contributed by atoms with Crippen molar-refractivity contribution in [3.05, 3.63) is 40.3 Å². The maximum absolute atomic E-state index is 12.4. The number of nitro benzene ring substituents is 1. The maximum Gasteiger partial charge on any atom is 0.269 e. The zero-order valence-corrected chi connectivity index (χ0v) is 14.9. The van der Waals surface area contributed by atoms with Crippen LogP contribution in [0.25, 0.3) is 11.4 Å². The summed E-state index contributed by atoms with van der Waals surface area (Å²) in [4.78, 5) is 29.0. The van der Waals surface area contributed by atoms with Gasteiger partial charge < -0.3 is 9.42 Å². The predicted molar refractivity (Wildman–Crippen MR) is 94.3 cm³/mol. The lowest BCUT2D eigenvalue weighted by Gasteiger charge is -2.28. The lowest BCUT2D eigenvalue weighted by Crippen LogP contribution is -2.40. The average molecular weight is 358 g/mol. The van der Waals surface area contributed by atoms with Crippen molar-refractivity contribution < 1.29 is 14.2 Å². The number of non-ortho nitro benzene ring substituents is 1. The molecule has 1 heterocycles. The molecule has 0 N–H and O–H groups in total. The predicted octanol–water partition coefficient (Wildman–Crippen LogP) is 3.22. The fourth-order valence-electron chi connectivity index (χ4n) is 2.75. The van der Waals surface area contributed by atoms with E-state index in [-0.39, 0.29) is 23.6 Å². The van der Waals surface area contributed by atoms with Gasteiger partial charge in [0, 0.05) is 42.6 Å². The van der Waals surface area contributed by atoms with Crippen LogP contribution in [0.15, 0.2) is 28.8 Å². The van der Waals surface area contributed by atoms with Crippen LogP contribution >= 0.6 is 0 Å². The number of hydrogen-bond donors (Lipinski definition) is 0. The SMILES string of the molecule is CCC(C)N(CCc1nc(-c2ccc([N+](=O)[O-])cc2)no1)C(=O)C1CC1. The van der Waals surface area contributed by atoms with Gasteiger partial charge in [0.1, 0.15) is 0 Å². The maximum atomic E-state index is 12.4. The van der Waals surface area contributed by atoms with E-state index in [1.54, 1.807) is 12.1 Å². The van der Waals surface area contributed by atoms with Gasteiger partial charge in [0.05, 0.1) is 4.92 Å². The highest BCUT2D eigenvalue weighted by atomic mass is 16.6. The first-order valence-electron chi connectivity index (χ1n) is 8.87. The van der Waals surface area contributed by atoms with Crippen molar-refractivity contribution in [1.29, 1.82) is 0 Å². The molecular formula is C18H22N4O4. The number of hydrogen-bond acceptors (Lipinski definition) is 6. The lowest BCUT2D eigenvalue weighted by molar-refractivity contribution is -0.384. The topological polar surface area (TPSA) is 102 Å². The molecule has 8 nitrogen and oxygen atoms in total. The first-order chi connectivity index (χ1) is 12.5. The number of rotatable bonds is 8. The Morgan fingerprint density at radius 3 is 2.65 bits per heavy atom. The van der Waals surface area contributed by atoms with Crippen LogP contribution in [0.2, 0.25) is 0 Å². The number of carbonyl (C=O) groups is 1. The number of carbonyl (C=O) groups excluding carboxylic acids is 1. The highest BCUT2D eigenvalue weighted by Gasteiger charge is 2.34. The number of nitrogens with zero attached hydrogens (tertiary/aromatic N) is 4. The van der Waals surface area contributed by atoms with Gasteiger partial charge in [-0.3, -0.25) is 14.9 Å². The normalized spacial score (nSPS) is 14.8. The summed E-state index contributed by atoms with van der Waals surface area (Å²) in [6, 6.07) is 6.18. The van der Waals surface area contributed by atoms with Gasteiger partial charge in [-0.15, -0.1) is 0 Å². The second-order valence-electron chi connectivity index (χ2n) is 6.63. The van der Waals surface area contributed by atoms with E-state index in [1.165, 1.54) is 12.1 Å². The number of aromatic nitrogens is 2. The summed E-state index contributed by atoms with van der Waals surface area (Å²) in [7, 11) is 0. The van der Waals surface area contributed by atoms with Crippen molar-refractivity contribution in [1.82, 2.24) is 15.0 Å². The molecule has 1 unspecified atom stereocenters. The quantitative estimate of drug-likeness (QED) is 0.530. The molecule has 2 aromatic rings. The van der Waals surface area contributed by atoms with Gasteiger partial charge in [-0.1, -0.05) is 12.1 Å². The average Bonchev–Trinajstić information content (AvgIpc) is 3.40. The van der Waals surface area contributed by atoms with Gasteiger partial charge in [-0.2, -0.15) is 4.98 Å². The van der Waals surface area contributed by atoms with E-state index in [4.69, 9.17) is 4.52 Å². The molecule has 0 bridgehead atoms. The Balaban J connectivity index is 1.65. The van der Waals surface area contributed by atoms with Crippen molar-refractivity contribution >= 4 is 11.6 Å². The van der Waals surface area contributed by atoms with Gasteiger partial charge in [-0.25, -0.2) is 0 Å². The summed E-state index contributed by atoms with van der Waals surface area (Å²) in [6.07, 6.45) is 3.35. The molecule has 26 heavy (non-hydrogen) atoms. The molecule has 1 atom stereocenters. The van der Waals surface area contributed by atoms with Crippen LogP contribution in [0.4, 0.5) is 5.69 Å². The molecule has 0 radical (unpaired) electrons. The lowest BCUT2D eigenvalue weighted by atomic mass is 10.2. The molecule has 1 saturated carbocycles. The van der Waals surface area contributed by atoms with Crippen LogP contribution in [0.1, 0.15) is 39.0 Å². The zero-order valence-electron chi connectivity index (χ0n) is 14.9. The summed E-state index contributed by atoms with van der Waals surface area (Å²) < 4.78 is 5.28. The van der Waals surface area contributed by atoms with E-state index < -0.39 is 4.92 Å². The fraction of sp³-hybridized carbons (Fsp3) is 0.500. The molecular weight excluding hydrogens is 336 g/mol. The summed E-state index contributed by atoms with van der Waals surface area (Å²) in [6.45, 7) is 4.67. The van der Waals surface area contributed by atoms with Gasteiger partial charge in [0.2, 0.25) is 17.6 Å². The number of amides is 1. The minimum atomic E-state index is -0.453. The summed E-state index contributed by atoms with van der Waals surface area (Å²) in [5.41, 5.74) is 0.665. The summed E-state index contributed by atoms with van der Waals surface area (Å²) >= 11 is 0.